The Labute approximate surface area is 201 Å². The van der Waals surface area contributed by atoms with Crippen molar-refractivity contribution < 1.29 is 19.7 Å². The summed E-state index contributed by atoms with van der Waals surface area (Å²) in [4.78, 5) is 25.4. The fraction of sp³-hybridized carbons (Fsp3) is 0.478. The highest BCUT2D eigenvalue weighted by atomic mass is 35.5. The van der Waals surface area contributed by atoms with Gasteiger partial charge >= 0.3 is 6.09 Å². The fourth-order valence-corrected chi connectivity index (χ4v) is 5.00. The average Bonchev–Trinajstić information content (AvgIpc) is 3.55. The van der Waals surface area contributed by atoms with Crippen LogP contribution in [0.25, 0.3) is 11.2 Å². The number of carbonyl (C=O) groups is 1. The van der Waals surface area contributed by atoms with Crippen LogP contribution in [0.5, 0.6) is 0 Å². The molecule has 4 atom stereocenters. The molecule has 180 valence electrons. The van der Waals surface area contributed by atoms with Crippen molar-refractivity contribution in [1.29, 1.82) is 0 Å². The highest BCUT2D eigenvalue weighted by Crippen LogP contribution is 2.35. The van der Waals surface area contributed by atoms with Crippen LogP contribution in [0.15, 0.2) is 36.7 Å². The average molecular weight is 487 g/mol. The molecule has 1 amide bonds. The number of amides is 1. The van der Waals surface area contributed by atoms with E-state index in [1.807, 2.05) is 30.3 Å². The Morgan fingerprint density at radius 2 is 1.91 bits per heavy atom. The number of ether oxygens (including phenoxy) is 1. The number of alkyl carbamates (subject to hydrolysis) is 1. The number of nitrogens with one attached hydrogen (secondary N) is 2. The largest absolute Gasteiger partial charge is 0.445 e. The molecule has 2 saturated carbocycles. The molecule has 0 spiro atoms. The second kappa shape index (κ2) is 9.73. The van der Waals surface area contributed by atoms with Crippen LogP contribution in [0.4, 0.5) is 10.6 Å². The fourth-order valence-electron chi connectivity index (χ4n) is 4.84. The van der Waals surface area contributed by atoms with Crippen LogP contribution >= 0.6 is 11.6 Å². The highest BCUT2D eigenvalue weighted by Gasteiger charge is 2.44. The first-order valence-corrected chi connectivity index (χ1v) is 11.9. The smallest absolute Gasteiger partial charge is 0.407 e. The summed E-state index contributed by atoms with van der Waals surface area (Å²) >= 11 is 6.20. The van der Waals surface area contributed by atoms with Crippen molar-refractivity contribution in [2.24, 2.45) is 0 Å². The molecule has 0 bridgehead atoms. The lowest BCUT2D eigenvalue weighted by Gasteiger charge is -2.18. The summed E-state index contributed by atoms with van der Waals surface area (Å²) < 4.78 is 6.94. The number of hydrogen-bond acceptors (Lipinski definition) is 8. The molecule has 2 heterocycles. The predicted molar refractivity (Wildman–Crippen MR) is 125 cm³/mol. The maximum atomic E-state index is 12.3. The number of benzene rings is 1. The molecular weight excluding hydrogens is 460 g/mol. The minimum atomic E-state index is -1.18. The molecule has 34 heavy (non-hydrogen) atoms. The van der Waals surface area contributed by atoms with E-state index in [0.29, 0.717) is 23.0 Å². The van der Waals surface area contributed by atoms with E-state index in [1.165, 1.54) is 12.8 Å². The molecule has 0 unspecified atom stereocenters. The monoisotopic (exact) mass is 486 g/mol. The Morgan fingerprint density at radius 1 is 1.15 bits per heavy atom. The predicted octanol–water partition coefficient (Wildman–Crippen LogP) is 2.80. The summed E-state index contributed by atoms with van der Waals surface area (Å²) in [6.45, 7) is 0.111. The second-order valence-electron chi connectivity index (χ2n) is 8.89. The molecular formula is C23H27ClN6O4. The lowest BCUT2D eigenvalue weighted by molar-refractivity contribution is 0.0136. The molecule has 3 aromatic rings. The first kappa shape index (κ1) is 22.8. The Hall–Kier alpha value is -2.95. The highest BCUT2D eigenvalue weighted by molar-refractivity contribution is 6.28. The van der Waals surface area contributed by atoms with Crippen molar-refractivity contribution >= 4 is 34.7 Å². The van der Waals surface area contributed by atoms with Gasteiger partial charge in [0.25, 0.3) is 0 Å². The SMILES string of the molecule is O=C(N[C@H]1C[C@@H](n2cnc3c(NC4CCCC4)nc(Cl)nc32)[C@H](O)[C@@H]1O)OCc1ccccc1. The Balaban J connectivity index is 1.30. The zero-order chi connectivity index (χ0) is 23.7. The quantitative estimate of drug-likeness (QED) is 0.391. The van der Waals surface area contributed by atoms with Gasteiger partial charge in [-0.15, -0.1) is 0 Å². The van der Waals surface area contributed by atoms with Crippen molar-refractivity contribution in [3.05, 3.63) is 47.5 Å². The summed E-state index contributed by atoms with van der Waals surface area (Å²) in [7, 11) is 0. The van der Waals surface area contributed by atoms with Crippen LogP contribution in [0, 0.1) is 0 Å². The van der Waals surface area contributed by atoms with Crippen molar-refractivity contribution in [3.63, 3.8) is 0 Å². The van der Waals surface area contributed by atoms with Gasteiger partial charge in [0.2, 0.25) is 5.28 Å². The third-order valence-electron chi connectivity index (χ3n) is 6.62. The van der Waals surface area contributed by atoms with E-state index < -0.39 is 30.4 Å². The molecule has 1 aromatic carbocycles. The number of aliphatic hydroxyl groups excluding tert-OH is 2. The summed E-state index contributed by atoms with van der Waals surface area (Å²) in [5, 5.41) is 27.5. The number of fused-ring (bicyclic) bond motifs is 1. The van der Waals surface area contributed by atoms with Crippen molar-refractivity contribution in [3.8, 4) is 0 Å². The van der Waals surface area contributed by atoms with Gasteiger partial charge < -0.3 is 30.2 Å². The number of halogens is 1. The minimum Gasteiger partial charge on any atom is -0.445 e. The first-order chi connectivity index (χ1) is 16.5. The van der Waals surface area contributed by atoms with E-state index in [0.717, 1.165) is 18.4 Å². The normalized spacial score (nSPS) is 25.0. The third-order valence-corrected chi connectivity index (χ3v) is 6.78. The van der Waals surface area contributed by atoms with Crippen LogP contribution < -0.4 is 10.6 Å². The first-order valence-electron chi connectivity index (χ1n) is 11.5. The van der Waals surface area contributed by atoms with E-state index in [9.17, 15) is 15.0 Å². The van der Waals surface area contributed by atoms with Gasteiger partial charge in [-0.1, -0.05) is 43.2 Å². The Bertz CT molecular complexity index is 1150. The number of rotatable bonds is 6. The van der Waals surface area contributed by atoms with Gasteiger partial charge in [-0.2, -0.15) is 9.97 Å². The van der Waals surface area contributed by atoms with Gasteiger partial charge in [-0.3, -0.25) is 0 Å². The van der Waals surface area contributed by atoms with Gasteiger partial charge in [-0.05, 0) is 36.4 Å². The molecule has 2 aromatic heterocycles. The Morgan fingerprint density at radius 3 is 2.68 bits per heavy atom. The molecule has 5 rings (SSSR count). The lowest BCUT2D eigenvalue weighted by Crippen LogP contribution is -2.43. The summed E-state index contributed by atoms with van der Waals surface area (Å²) in [5.41, 5.74) is 1.87. The number of carbonyl (C=O) groups excluding carboxylic acids is 1. The molecule has 4 N–H and O–H groups in total. The summed E-state index contributed by atoms with van der Waals surface area (Å²) in [5.74, 6) is 0.563. The van der Waals surface area contributed by atoms with E-state index in [1.54, 1.807) is 10.9 Å². The number of aliphatic hydroxyl groups is 2. The van der Waals surface area contributed by atoms with E-state index in [-0.39, 0.29) is 18.3 Å². The number of aromatic nitrogens is 4. The van der Waals surface area contributed by atoms with Gasteiger partial charge in [0, 0.05) is 6.04 Å². The summed E-state index contributed by atoms with van der Waals surface area (Å²) in [6, 6.07) is 8.35. The van der Waals surface area contributed by atoms with Crippen molar-refractivity contribution in [1.82, 2.24) is 24.8 Å². The lowest BCUT2D eigenvalue weighted by atomic mass is 10.2. The minimum absolute atomic E-state index is 0.0712. The Kier molecular flexibility index (Phi) is 6.53. The van der Waals surface area contributed by atoms with Gasteiger partial charge in [0.1, 0.15) is 18.8 Å². The molecule has 0 aliphatic heterocycles. The molecule has 2 aliphatic rings. The zero-order valence-electron chi connectivity index (χ0n) is 18.5. The summed E-state index contributed by atoms with van der Waals surface area (Å²) in [6.07, 6.45) is 3.30. The van der Waals surface area contributed by atoms with Gasteiger partial charge in [0.15, 0.2) is 17.0 Å². The van der Waals surface area contributed by atoms with Crippen molar-refractivity contribution in [2.75, 3.05) is 5.32 Å². The molecule has 0 radical (unpaired) electrons. The van der Waals surface area contributed by atoms with Crippen LogP contribution in [-0.4, -0.2) is 60.1 Å². The zero-order valence-corrected chi connectivity index (χ0v) is 19.2. The standard InChI is InChI=1S/C23H27ClN6O4/c24-22-28-20(26-14-8-4-5-9-14)17-21(29-22)30(12-25-17)16-10-15(18(31)19(16)32)27-23(33)34-11-13-6-2-1-3-7-13/h1-3,6-7,12,14-16,18-19,31-32H,4-5,8-11H2,(H,27,33)(H,26,28,29)/t15-,16+,18+,19-/m0/s1. The van der Waals surface area contributed by atoms with Crippen LogP contribution in [0.2, 0.25) is 5.28 Å². The number of anilines is 1. The number of nitrogens with zero attached hydrogens (tertiary/aromatic N) is 4. The molecule has 0 saturated heterocycles. The van der Waals surface area contributed by atoms with E-state index in [2.05, 4.69) is 25.6 Å². The van der Waals surface area contributed by atoms with Gasteiger partial charge in [-0.25, -0.2) is 9.78 Å². The number of hydrogen-bond donors (Lipinski definition) is 4. The maximum Gasteiger partial charge on any atom is 0.407 e. The molecule has 2 aliphatic carbocycles. The van der Waals surface area contributed by atoms with E-state index in [4.69, 9.17) is 16.3 Å². The topological polar surface area (TPSA) is 134 Å². The second-order valence-corrected chi connectivity index (χ2v) is 9.23. The van der Waals surface area contributed by atoms with Gasteiger partial charge in [0.05, 0.1) is 18.4 Å². The van der Waals surface area contributed by atoms with Crippen LogP contribution in [0.1, 0.15) is 43.7 Å². The van der Waals surface area contributed by atoms with Crippen LogP contribution in [0.3, 0.4) is 0 Å². The van der Waals surface area contributed by atoms with Crippen molar-refractivity contribution in [2.45, 2.75) is 69.0 Å². The third kappa shape index (κ3) is 4.66. The number of imidazole rings is 1. The molecule has 10 nitrogen and oxygen atoms in total. The molecule has 2 fully saturated rings. The molecule has 11 heteroatoms. The van der Waals surface area contributed by atoms with Crippen LogP contribution in [-0.2, 0) is 11.3 Å². The van der Waals surface area contributed by atoms with E-state index >= 15 is 0 Å². The maximum absolute atomic E-state index is 12.3.